The zero-order valence-electron chi connectivity index (χ0n) is 13.4. The van der Waals surface area contributed by atoms with Gasteiger partial charge in [-0.3, -0.25) is 10.2 Å². The summed E-state index contributed by atoms with van der Waals surface area (Å²) in [5.41, 5.74) is -0.497. The van der Waals surface area contributed by atoms with Crippen molar-refractivity contribution < 1.29 is 32.6 Å². The van der Waals surface area contributed by atoms with Gasteiger partial charge in [-0.25, -0.2) is 4.79 Å². The van der Waals surface area contributed by atoms with E-state index >= 15 is 0 Å². The van der Waals surface area contributed by atoms with E-state index in [9.17, 15) is 27.9 Å². The molecule has 0 aliphatic carbocycles. The third-order valence-electron chi connectivity index (χ3n) is 4.19. The molecule has 26 heavy (non-hydrogen) atoms. The second-order valence-electron chi connectivity index (χ2n) is 5.86. The molecule has 0 bridgehead atoms. The minimum atomic E-state index is -5.13. The molecular formula is C17H15F3N2O4. The van der Waals surface area contributed by atoms with Crippen LogP contribution in [0.25, 0.3) is 10.8 Å². The first-order chi connectivity index (χ1) is 12.2. The molecule has 2 aromatic carbocycles. The number of hydrogen-bond acceptors (Lipinski definition) is 4. The maximum absolute atomic E-state index is 12.6. The first-order valence-electron chi connectivity index (χ1n) is 7.80. The maximum Gasteiger partial charge on any atom is 0.472 e. The van der Waals surface area contributed by atoms with Gasteiger partial charge in [0.25, 0.3) is 5.72 Å². The SMILES string of the molecule is O=C(NN1CCC[C@]1(Oc1cccc2ccccc12)C(=O)O)C(F)(F)F. The van der Waals surface area contributed by atoms with Crippen LogP contribution in [0.4, 0.5) is 13.2 Å². The number of carbonyl (C=O) groups excluding carboxylic acids is 1. The predicted octanol–water partition coefficient (Wildman–Crippen LogP) is 2.69. The van der Waals surface area contributed by atoms with Gasteiger partial charge in [-0.2, -0.15) is 18.2 Å². The summed E-state index contributed by atoms with van der Waals surface area (Å²) in [5, 5.41) is 11.8. The van der Waals surface area contributed by atoms with Gasteiger partial charge in [0.15, 0.2) is 0 Å². The fourth-order valence-corrected chi connectivity index (χ4v) is 2.96. The van der Waals surface area contributed by atoms with Crippen LogP contribution in [-0.2, 0) is 9.59 Å². The highest BCUT2D eigenvalue weighted by Gasteiger charge is 2.53. The highest BCUT2D eigenvalue weighted by Crippen LogP contribution is 2.35. The molecule has 6 nitrogen and oxygen atoms in total. The normalized spacial score (nSPS) is 20.9. The number of benzene rings is 2. The van der Waals surface area contributed by atoms with E-state index in [1.54, 1.807) is 41.8 Å². The summed E-state index contributed by atoms with van der Waals surface area (Å²) in [6, 6.07) is 12.0. The third kappa shape index (κ3) is 3.17. The Balaban J connectivity index is 1.97. The minimum absolute atomic E-state index is 0.0797. The number of carboxylic acid groups (broad SMARTS) is 1. The molecule has 1 saturated heterocycles. The van der Waals surface area contributed by atoms with Crippen molar-refractivity contribution in [2.75, 3.05) is 6.54 Å². The number of halogens is 3. The molecule has 1 atom stereocenters. The molecule has 2 N–H and O–H groups in total. The molecule has 1 aliphatic rings. The third-order valence-corrected chi connectivity index (χ3v) is 4.19. The summed E-state index contributed by atoms with van der Waals surface area (Å²) >= 11 is 0. The van der Waals surface area contributed by atoms with Crippen LogP contribution >= 0.6 is 0 Å². The smallest absolute Gasteiger partial charge is 0.472 e. The van der Waals surface area contributed by atoms with E-state index in [1.807, 2.05) is 0 Å². The highest BCUT2D eigenvalue weighted by molar-refractivity contribution is 5.89. The van der Waals surface area contributed by atoms with Crippen molar-refractivity contribution in [3.8, 4) is 5.75 Å². The molecule has 1 fully saturated rings. The number of aliphatic carboxylic acids is 1. The molecule has 0 unspecified atom stereocenters. The van der Waals surface area contributed by atoms with E-state index in [2.05, 4.69) is 0 Å². The van der Waals surface area contributed by atoms with Gasteiger partial charge in [0.05, 0.1) is 0 Å². The Hall–Kier alpha value is -2.81. The fraction of sp³-hybridized carbons (Fsp3) is 0.294. The molecule has 1 amide bonds. The Labute approximate surface area is 146 Å². The average Bonchev–Trinajstić information content (AvgIpc) is 2.98. The molecule has 2 aromatic rings. The molecule has 0 aromatic heterocycles. The quantitative estimate of drug-likeness (QED) is 0.868. The van der Waals surface area contributed by atoms with Crippen molar-refractivity contribution in [1.82, 2.24) is 10.4 Å². The lowest BCUT2D eigenvalue weighted by Gasteiger charge is -2.35. The van der Waals surface area contributed by atoms with Crippen LogP contribution in [0.3, 0.4) is 0 Å². The van der Waals surface area contributed by atoms with Crippen molar-refractivity contribution in [3.05, 3.63) is 42.5 Å². The van der Waals surface area contributed by atoms with Gasteiger partial charge >= 0.3 is 18.1 Å². The number of hydrogen-bond donors (Lipinski definition) is 2. The van der Waals surface area contributed by atoms with Gasteiger partial charge in [0, 0.05) is 18.4 Å². The molecule has 0 radical (unpaired) electrons. The number of amides is 1. The first kappa shape index (κ1) is 18.0. The maximum atomic E-state index is 12.6. The standard InChI is InChI=1S/C17H15F3N2O4/c18-17(19,20)14(23)21-22-10-4-9-16(22,15(24)25)26-13-8-3-6-11-5-1-2-7-12(11)13/h1-3,5-8H,4,9-10H2,(H,21,23)(H,24,25)/t16-/m0/s1. The predicted molar refractivity (Wildman–Crippen MR) is 85.1 cm³/mol. The number of carboxylic acids is 1. The fourth-order valence-electron chi connectivity index (χ4n) is 2.96. The lowest BCUT2D eigenvalue weighted by Crippen LogP contribution is -2.62. The molecule has 1 aliphatic heterocycles. The van der Waals surface area contributed by atoms with Crippen molar-refractivity contribution >= 4 is 22.6 Å². The number of alkyl halides is 3. The van der Waals surface area contributed by atoms with Crippen LogP contribution in [0.15, 0.2) is 42.5 Å². The number of ether oxygens (including phenoxy) is 1. The summed E-state index contributed by atoms with van der Waals surface area (Å²) < 4.78 is 43.4. The summed E-state index contributed by atoms with van der Waals surface area (Å²) in [6.45, 7) is -0.0844. The van der Waals surface area contributed by atoms with Gasteiger partial charge in [0.2, 0.25) is 0 Å². The molecule has 3 rings (SSSR count). The Kier molecular flexibility index (Phi) is 4.49. The Morgan fingerprint density at radius 3 is 2.54 bits per heavy atom. The van der Waals surface area contributed by atoms with Crippen LogP contribution in [0.2, 0.25) is 0 Å². The van der Waals surface area contributed by atoms with Gasteiger partial charge in [0.1, 0.15) is 5.75 Å². The van der Waals surface area contributed by atoms with Crippen molar-refractivity contribution in [2.45, 2.75) is 24.7 Å². The van der Waals surface area contributed by atoms with Gasteiger partial charge in [-0.15, -0.1) is 0 Å². The van der Waals surface area contributed by atoms with Gasteiger partial charge in [-0.05, 0) is 17.9 Å². The molecule has 0 spiro atoms. The average molecular weight is 368 g/mol. The minimum Gasteiger partial charge on any atom is -0.477 e. The molecule has 138 valence electrons. The molecular weight excluding hydrogens is 353 g/mol. The molecule has 0 saturated carbocycles. The second-order valence-corrected chi connectivity index (χ2v) is 5.86. The van der Waals surface area contributed by atoms with Crippen LogP contribution in [-0.4, -0.2) is 40.4 Å². The summed E-state index contributed by atoms with van der Waals surface area (Å²) in [7, 11) is 0. The van der Waals surface area contributed by atoms with Gasteiger partial charge in [-0.1, -0.05) is 36.4 Å². The summed E-state index contributed by atoms with van der Waals surface area (Å²) in [6.07, 6.45) is -4.97. The second kappa shape index (κ2) is 6.49. The number of fused-ring (bicyclic) bond motifs is 1. The number of nitrogens with zero attached hydrogens (tertiary/aromatic N) is 1. The van der Waals surface area contributed by atoms with E-state index < -0.39 is 23.8 Å². The number of nitrogens with one attached hydrogen (secondary N) is 1. The topological polar surface area (TPSA) is 78.9 Å². The van der Waals surface area contributed by atoms with Crippen molar-refractivity contribution in [3.63, 3.8) is 0 Å². The van der Waals surface area contributed by atoms with E-state index in [0.29, 0.717) is 10.4 Å². The number of rotatable bonds is 4. The van der Waals surface area contributed by atoms with Crippen molar-refractivity contribution in [2.24, 2.45) is 0 Å². The van der Waals surface area contributed by atoms with E-state index in [-0.39, 0.29) is 25.1 Å². The van der Waals surface area contributed by atoms with E-state index in [0.717, 1.165) is 5.39 Å². The summed E-state index contributed by atoms with van der Waals surface area (Å²) in [5.74, 6) is -3.52. The van der Waals surface area contributed by atoms with E-state index in [1.165, 1.54) is 6.07 Å². The van der Waals surface area contributed by atoms with Crippen LogP contribution in [0.5, 0.6) is 5.75 Å². The van der Waals surface area contributed by atoms with E-state index in [4.69, 9.17) is 4.74 Å². The Morgan fingerprint density at radius 2 is 1.85 bits per heavy atom. The lowest BCUT2D eigenvalue weighted by molar-refractivity contribution is -0.193. The van der Waals surface area contributed by atoms with Gasteiger partial charge < -0.3 is 9.84 Å². The first-order valence-corrected chi connectivity index (χ1v) is 7.80. The van der Waals surface area contributed by atoms with Crippen LogP contribution in [0, 0.1) is 0 Å². The Bertz CT molecular complexity index is 850. The van der Waals surface area contributed by atoms with Crippen LogP contribution < -0.4 is 10.2 Å². The van der Waals surface area contributed by atoms with Crippen LogP contribution in [0.1, 0.15) is 12.8 Å². The monoisotopic (exact) mass is 368 g/mol. The highest BCUT2D eigenvalue weighted by atomic mass is 19.4. The van der Waals surface area contributed by atoms with Crippen molar-refractivity contribution in [1.29, 1.82) is 0 Å². The molecule has 1 heterocycles. The molecule has 9 heteroatoms. The summed E-state index contributed by atoms with van der Waals surface area (Å²) in [4.78, 5) is 23.2. The lowest BCUT2D eigenvalue weighted by atomic mass is 10.1. The number of carbonyl (C=O) groups is 2. The largest absolute Gasteiger partial charge is 0.477 e. The Morgan fingerprint density at radius 1 is 1.15 bits per heavy atom. The zero-order chi connectivity index (χ0) is 18.9. The zero-order valence-corrected chi connectivity index (χ0v) is 13.4. The number of hydrazine groups is 1.